The molecule has 0 heterocycles. The van der Waals surface area contributed by atoms with Crippen molar-refractivity contribution in [3.05, 3.63) is 64.4 Å². The van der Waals surface area contributed by atoms with Gasteiger partial charge < -0.3 is 10.1 Å². The number of ether oxygens (including phenoxy) is 1. The predicted molar refractivity (Wildman–Crippen MR) is 101 cm³/mol. The summed E-state index contributed by atoms with van der Waals surface area (Å²) >= 11 is 7.31. The number of halogens is 2. The number of benzene rings is 2. The van der Waals surface area contributed by atoms with Crippen molar-refractivity contribution in [1.82, 2.24) is 5.32 Å². The van der Waals surface area contributed by atoms with Gasteiger partial charge in [0.05, 0.1) is 6.42 Å². The molecule has 2 rings (SSSR count). The van der Waals surface area contributed by atoms with E-state index in [-0.39, 0.29) is 25.4 Å². The Kier molecular flexibility index (Phi) is 7.94. The Labute approximate surface area is 161 Å². The molecule has 4 nitrogen and oxygen atoms in total. The normalized spacial score (nSPS) is 10.4. The van der Waals surface area contributed by atoms with Gasteiger partial charge in [0.15, 0.2) is 6.61 Å². The molecule has 0 unspecified atom stereocenters. The first-order chi connectivity index (χ1) is 12.4. The fourth-order valence-electron chi connectivity index (χ4n) is 2.00. The molecule has 0 aliphatic carbocycles. The lowest BCUT2D eigenvalue weighted by atomic mass is 10.1. The highest BCUT2D eigenvalue weighted by Gasteiger charge is 2.08. The number of hydrogen-bond donors (Lipinski definition) is 1. The zero-order valence-corrected chi connectivity index (χ0v) is 15.8. The van der Waals surface area contributed by atoms with E-state index in [0.717, 1.165) is 4.90 Å². The summed E-state index contributed by atoms with van der Waals surface area (Å²) in [5.74, 6) is -0.640. The number of aryl methyl sites for hydroxylation is 1. The molecule has 0 aliphatic heterocycles. The van der Waals surface area contributed by atoms with Crippen molar-refractivity contribution in [2.24, 2.45) is 0 Å². The van der Waals surface area contributed by atoms with Crippen LogP contribution in [0.5, 0.6) is 0 Å². The molecule has 0 atom stereocenters. The van der Waals surface area contributed by atoms with E-state index in [2.05, 4.69) is 5.32 Å². The van der Waals surface area contributed by atoms with Crippen LogP contribution in [0.2, 0.25) is 5.02 Å². The van der Waals surface area contributed by atoms with Gasteiger partial charge in [-0.05, 0) is 48.4 Å². The van der Waals surface area contributed by atoms with Gasteiger partial charge in [0.25, 0.3) is 5.91 Å². The summed E-state index contributed by atoms with van der Waals surface area (Å²) in [5, 5.41) is 3.25. The standard InChI is InChI=1S/C19H19ClFNO3S/c1-13-2-3-14(10-17(13)21)11-22-18(23)12-25-19(24)8-9-26-16-6-4-15(20)5-7-16/h2-7,10H,8-9,11-12H2,1H3,(H,22,23). The molecule has 0 bridgehead atoms. The molecule has 0 aromatic heterocycles. The zero-order valence-electron chi connectivity index (χ0n) is 14.3. The quantitative estimate of drug-likeness (QED) is 0.539. The van der Waals surface area contributed by atoms with Crippen LogP contribution in [0.15, 0.2) is 47.4 Å². The van der Waals surface area contributed by atoms with Crippen molar-refractivity contribution < 1.29 is 18.7 Å². The second-order valence-corrected chi connectivity index (χ2v) is 7.18. The van der Waals surface area contributed by atoms with Crippen LogP contribution < -0.4 is 5.32 Å². The molecule has 1 amide bonds. The van der Waals surface area contributed by atoms with Gasteiger partial charge in [-0.25, -0.2) is 4.39 Å². The van der Waals surface area contributed by atoms with E-state index < -0.39 is 11.9 Å². The van der Waals surface area contributed by atoms with Crippen molar-refractivity contribution in [3.8, 4) is 0 Å². The fourth-order valence-corrected chi connectivity index (χ4v) is 2.96. The van der Waals surface area contributed by atoms with Gasteiger partial charge in [-0.2, -0.15) is 0 Å². The molecule has 26 heavy (non-hydrogen) atoms. The van der Waals surface area contributed by atoms with Gasteiger partial charge in [0, 0.05) is 22.2 Å². The van der Waals surface area contributed by atoms with Crippen molar-refractivity contribution in [1.29, 1.82) is 0 Å². The third-order valence-corrected chi connectivity index (χ3v) is 4.74. The predicted octanol–water partition coefficient (Wildman–Crippen LogP) is 4.13. The Bertz CT molecular complexity index is 768. The number of esters is 1. The molecule has 0 radical (unpaired) electrons. The van der Waals surface area contributed by atoms with E-state index in [9.17, 15) is 14.0 Å². The smallest absolute Gasteiger partial charge is 0.307 e. The summed E-state index contributed by atoms with van der Waals surface area (Å²) in [5.41, 5.74) is 1.19. The molecule has 0 aliphatic rings. The van der Waals surface area contributed by atoms with Crippen molar-refractivity contribution >= 4 is 35.2 Å². The second-order valence-electron chi connectivity index (χ2n) is 5.57. The first-order valence-electron chi connectivity index (χ1n) is 8.00. The lowest BCUT2D eigenvalue weighted by molar-refractivity contribution is -0.148. The van der Waals surface area contributed by atoms with Crippen LogP contribution in [0.4, 0.5) is 4.39 Å². The Morgan fingerprint density at radius 1 is 1.19 bits per heavy atom. The highest BCUT2D eigenvalue weighted by atomic mass is 35.5. The lowest BCUT2D eigenvalue weighted by Crippen LogP contribution is -2.28. The molecule has 1 N–H and O–H groups in total. The summed E-state index contributed by atoms with van der Waals surface area (Å²) in [6.45, 7) is 1.50. The zero-order chi connectivity index (χ0) is 18.9. The summed E-state index contributed by atoms with van der Waals surface area (Å²) in [4.78, 5) is 24.4. The lowest BCUT2D eigenvalue weighted by Gasteiger charge is -2.07. The van der Waals surface area contributed by atoms with E-state index in [0.29, 0.717) is 21.9 Å². The monoisotopic (exact) mass is 395 g/mol. The third-order valence-electron chi connectivity index (χ3n) is 3.48. The van der Waals surface area contributed by atoms with Crippen molar-refractivity contribution in [2.45, 2.75) is 24.8 Å². The molecular formula is C19H19ClFNO3S. The van der Waals surface area contributed by atoms with Crippen LogP contribution in [0, 0.1) is 12.7 Å². The van der Waals surface area contributed by atoms with Crippen molar-refractivity contribution in [3.63, 3.8) is 0 Å². The SMILES string of the molecule is Cc1ccc(CNC(=O)COC(=O)CCSc2ccc(Cl)cc2)cc1F. The molecular weight excluding hydrogens is 377 g/mol. The number of hydrogen-bond acceptors (Lipinski definition) is 4. The Balaban J connectivity index is 1.62. The van der Waals surface area contributed by atoms with Crippen molar-refractivity contribution in [2.75, 3.05) is 12.4 Å². The minimum atomic E-state index is -0.442. The van der Waals surface area contributed by atoms with E-state index in [1.807, 2.05) is 12.1 Å². The van der Waals surface area contributed by atoms with E-state index in [4.69, 9.17) is 16.3 Å². The number of thioether (sulfide) groups is 1. The van der Waals surface area contributed by atoms with Gasteiger partial charge in [-0.15, -0.1) is 11.8 Å². The van der Waals surface area contributed by atoms with Gasteiger partial charge in [0.1, 0.15) is 5.82 Å². The molecule has 138 valence electrons. The number of carbonyl (C=O) groups excluding carboxylic acids is 2. The fraction of sp³-hybridized carbons (Fsp3) is 0.263. The van der Waals surface area contributed by atoms with Crippen LogP contribution in [0.25, 0.3) is 0 Å². The summed E-state index contributed by atoms with van der Waals surface area (Å²) < 4.78 is 18.4. The Morgan fingerprint density at radius 3 is 2.62 bits per heavy atom. The average Bonchev–Trinajstić information content (AvgIpc) is 2.62. The average molecular weight is 396 g/mol. The third kappa shape index (κ3) is 7.06. The molecule has 2 aromatic rings. The maximum Gasteiger partial charge on any atom is 0.307 e. The molecule has 0 saturated heterocycles. The molecule has 7 heteroatoms. The maximum atomic E-state index is 13.4. The minimum Gasteiger partial charge on any atom is -0.456 e. The van der Waals surface area contributed by atoms with Gasteiger partial charge in [0.2, 0.25) is 0 Å². The topological polar surface area (TPSA) is 55.4 Å². The van der Waals surface area contributed by atoms with Crippen LogP contribution in [-0.4, -0.2) is 24.2 Å². The van der Waals surface area contributed by atoms with E-state index >= 15 is 0 Å². The largest absolute Gasteiger partial charge is 0.456 e. The number of carbonyl (C=O) groups is 2. The van der Waals surface area contributed by atoms with Crippen LogP contribution in [-0.2, 0) is 20.9 Å². The molecule has 2 aromatic carbocycles. The minimum absolute atomic E-state index is 0.181. The number of nitrogens with one attached hydrogen (secondary N) is 1. The molecule has 0 fully saturated rings. The maximum absolute atomic E-state index is 13.4. The van der Waals surface area contributed by atoms with Gasteiger partial charge in [-0.3, -0.25) is 9.59 Å². The first kappa shape index (κ1) is 20.3. The Morgan fingerprint density at radius 2 is 1.92 bits per heavy atom. The number of amides is 1. The highest BCUT2D eigenvalue weighted by Crippen LogP contribution is 2.21. The van der Waals surface area contributed by atoms with E-state index in [1.165, 1.54) is 17.8 Å². The molecule has 0 spiro atoms. The van der Waals surface area contributed by atoms with Crippen LogP contribution in [0.3, 0.4) is 0 Å². The van der Waals surface area contributed by atoms with Gasteiger partial charge >= 0.3 is 5.97 Å². The highest BCUT2D eigenvalue weighted by molar-refractivity contribution is 7.99. The molecule has 0 saturated carbocycles. The van der Waals surface area contributed by atoms with Gasteiger partial charge in [-0.1, -0.05) is 23.7 Å². The van der Waals surface area contributed by atoms with Crippen LogP contribution >= 0.6 is 23.4 Å². The summed E-state index contributed by atoms with van der Waals surface area (Å²) in [6, 6.07) is 12.1. The summed E-state index contributed by atoms with van der Waals surface area (Å²) in [7, 11) is 0. The number of rotatable bonds is 8. The first-order valence-corrected chi connectivity index (χ1v) is 9.36. The second kappa shape index (κ2) is 10.2. The van der Waals surface area contributed by atoms with Crippen LogP contribution in [0.1, 0.15) is 17.5 Å². The van der Waals surface area contributed by atoms with E-state index in [1.54, 1.807) is 31.2 Å². The summed E-state index contributed by atoms with van der Waals surface area (Å²) in [6.07, 6.45) is 0.198. The Hall–Kier alpha value is -2.05.